The molecular formula is C16H23NO3. The van der Waals surface area contributed by atoms with Gasteiger partial charge in [0, 0.05) is 6.04 Å². The molecule has 0 saturated heterocycles. The number of benzene rings is 1. The molecule has 1 aliphatic carbocycles. The Hall–Kier alpha value is -1.71. The predicted octanol–water partition coefficient (Wildman–Crippen LogP) is 2.77. The summed E-state index contributed by atoms with van der Waals surface area (Å²) in [5.41, 5.74) is 0. The van der Waals surface area contributed by atoms with Crippen molar-refractivity contribution in [2.45, 2.75) is 38.6 Å². The van der Waals surface area contributed by atoms with Crippen LogP contribution in [0.5, 0.6) is 11.5 Å². The monoisotopic (exact) mass is 277 g/mol. The summed E-state index contributed by atoms with van der Waals surface area (Å²) in [4.78, 5) is 11.9. The average molecular weight is 277 g/mol. The molecule has 4 nitrogen and oxygen atoms in total. The number of rotatable bonds is 5. The Morgan fingerprint density at radius 3 is 2.50 bits per heavy atom. The van der Waals surface area contributed by atoms with Crippen LogP contribution in [0.4, 0.5) is 0 Å². The van der Waals surface area contributed by atoms with Gasteiger partial charge in [0.15, 0.2) is 6.61 Å². The Labute approximate surface area is 120 Å². The SMILES string of the molecule is COc1ccc(OCC(=O)N[C@H]2CCCC[C@H]2C)cc1. The molecule has 20 heavy (non-hydrogen) atoms. The van der Waals surface area contributed by atoms with E-state index in [0.717, 1.165) is 12.2 Å². The third-order valence-corrected chi connectivity index (χ3v) is 3.89. The van der Waals surface area contributed by atoms with Gasteiger partial charge in [0.05, 0.1) is 7.11 Å². The predicted molar refractivity (Wildman–Crippen MR) is 78.1 cm³/mol. The van der Waals surface area contributed by atoms with Crippen molar-refractivity contribution in [3.05, 3.63) is 24.3 Å². The number of nitrogens with one attached hydrogen (secondary N) is 1. The summed E-state index contributed by atoms with van der Waals surface area (Å²) in [6.07, 6.45) is 4.75. The maximum Gasteiger partial charge on any atom is 0.258 e. The van der Waals surface area contributed by atoms with Crippen LogP contribution in [0.2, 0.25) is 0 Å². The molecule has 1 aromatic rings. The summed E-state index contributed by atoms with van der Waals surface area (Å²) >= 11 is 0. The van der Waals surface area contributed by atoms with Gasteiger partial charge in [-0.15, -0.1) is 0 Å². The van der Waals surface area contributed by atoms with Gasteiger partial charge in [-0.25, -0.2) is 0 Å². The fourth-order valence-corrected chi connectivity index (χ4v) is 2.60. The molecule has 0 unspecified atom stereocenters. The fourth-order valence-electron chi connectivity index (χ4n) is 2.60. The van der Waals surface area contributed by atoms with Crippen molar-refractivity contribution in [3.63, 3.8) is 0 Å². The van der Waals surface area contributed by atoms with Gasteiger partial charge in [-0.2, -0.15) is 0 Å². The lowest BCUT2D eigenvalue weighted by Crippen LogP contribution is -2.43. The minimum absolute atomic E-state index is 0.0421. The molecule has 0 bridgehead atoms. The normalized spacial score (nSPS) is 22.1. The first-order valence-electron chi connectivity index (χ1n) is 7.25. The number of ether oxygens (including phenoxy) is 2. The molecule has 0 spiro atoms. The van der Waals surface area contributed by atoms with Gasteiger partial charge in [0.1, 0.15) is 11.5 Å². The zero-order chi connectivity index (χ0) is 14.4. The number of hydrogen-bond donors (Lipinski definition) is 1. The topological polar surface area (TPSA) is 47.6 Å². The highest BCUT2D eigenvalue weighted by Crippen LogP contribution is 2.23. The Bertz CT molecular complexity index is 430. The largest absolute Gasteiger partial charge is 0.497 e. The second-order valence-electron chi connectivity index (χ2n) is 5.40. The van der Waals surface area contributed by atoms with Crippen molar-refractivity contribution in [1.29, 1.82) is 0 Å². The highest BCUT2D eigenvalue weighted by atomic mass is 16.5. The lowest BCUT2D eigenvalue weighted by atomic mass is 9.86. The number of carbonyl (C=O) groups is 1. The van der Waals surface area contributed by atoms with Crippen LogP contribution in [0, 0.1) is 5.92 Å². The van der Waals surface area contributed by atoms with Gasteiger partial charge in [-0.3, -0.25) is 4.79 Å². The van der Waals surface area contributed by atoms with E-state index >= 15 is 0 Å². The van der Waals surface area contributed by atoms with E-state index < -0.39 is 0 Å². The first-order chi connectivity index (χ1) is 9.69. The fraction of sp³-hybridized carbons (Fsp3) is 0.562. The van der Waals surface area contributed by atoms with Crippen LogP contribution in [0.3, 0.4) is 0 Å². The molecule has 0 radical (unpaired) electrons. The van der Waals surface area contributed by atoms with E-state index in [1.54, 1.807) is 19.2 Å². The van der Waals surface area contributed by atoms with Crippen molar-refractivity contribution in [1.82, 2.24) is 5.32 Å². The Morgan fingerprint density at radius 1 is 1.20 bits per heavy atom. The van der Waals surface area contributed by atoms with Gasteiger partial charge in [-0.1, -0.05) is 19.8 Å². The third kappa shape index (κ3) is 4.15. The summed E-state index contributed by atoms with van der Waals surface area (Å²) in [5, 5.41) is 3.07. The quantitative estimate of drug-likeness (QED) is 0.900. The van der Waals surface area contributed by atoms with E-state index in [1.807, 2.05) is 12.1 Å². The van der Waals surface area contributed by atoms with Gasteiger partial charge in [0.25, 0.3) is 5.91 Å². The summed E-state index contributed by atoms with van der Waals surface area (Å²) in [5.74, 6) is 1.98. The van der Waals surface area contributed by atoms with Gasteiger partial charge in [0.2, 0.25) is 0 Å². The summed E-state index contributed by atoms with van der Waals surface area (Å²) in [6, 6.07) is 7.54. The van der Waals surface area contributed by atoms with E-state index in [2.05, 4.69) is 12.2 Å². The van der Waals surface area contributed by atoms with Crippen molar-refractivity contribution in [2.24, 2.45) is 5.92 Å². The zero-order valence-electron chi connectivity index (χ0n) is 12.2. The van der Waals surface area contributed by atoms with Crippen LogP contribution >= 0.6 is 0 Å². The molecule has 2 rings (SSSR count). The molecule has 110 valence electrons. The second-order valence-corrected chi connectivity index (χ2v) is 5.40. The van der Waals surface area contributed by atoms with Crippen LogP contribution in [-0.2, 0) is 4.79 Å². The van der Waals surface area contributed by atoms with E-state index in [1.165, 1.54) is 19.3 Å². The molecule has 4 heteroatoms. The number of methoxy groups -OCH3 is 1. The van der Waals surface area contributed by atoms with Crippen LogP contribution in [0.15, 0.2) is 24.3 Å². The standard InChI is InChI=1S/C16H23NO3/c1-12-5-3-4-6-15(12)17-16(18)11-20-14-9-7-13(19-2)8-10-14/h7-10,12,15H,3-6,11H2,1-2H3,(H,17,18)/t12-,15+/m1/s1. The number of carbonyl (C=O) groups excluding carboxylic acids is 1. The molecule has 1 aromatic carbocycles. The molecule has 0 aromatic heterocycles. The maximum atomic E-state index is 11.9. The first-order valence-corrected chi connectivity index (χ1v) is 7.25. The summed E-state index contributed by atoms with van der Waals surface area (Å²) < 4.78 is 10.5. The number of amides is 1. The van der Waals surface area contributed by atoms with Crippen LogP contribution in [-0.4, -0.2) is 25.7 Å². The highest BCUT2D eigenvalue weighted by molar-refractivity contribution is 5.77. The second kappa shape index (κ2) is 7.17. The lowest BCUT2D eigenvalue weighted by Gasteiger charge is -2.29. The van der Waals surface area contributed by atoms with E-state index in [0.29, 0.717) is 17.7 Å². The van der Waals surface area contributed by atoms with Gasteiger partial charge < -0.3 is 14.8 Å². The van der Waals surface area contributed by atoms with E-state index in [4.69, 9.17) is 9.47 Å². The molecule has 1 fully saturated rings. The van der Waals surface area contributed by atoms with Crippen molar-refractivity contribution < 1.29 is 14.3 Å². The number of hydrogen-bond acceptors (Lipinski definition) is 3. The third-order valence-electron chi connectivity index (χ3n) is 3.89. The van der Waals surface area contributed by atoms with Crippen molar-refractivity contribution in [2.75, 3.05) is 13.7 Å². The zero-order valence-corrected chi connectivity index (χ0v) is 12.2. The highest BCUT2D eigenvalue weighted by Gasteiger charge is 2.22. The minimum Gasteiger partial charge on any atom is -0.497 e. The van der Waals surface area contributed by atoms with Crippen LogP contribution in [0.25, 0.3) is 0 Å². The van der Waals surface area contributed by atoms with E-state index in [9.17, 15) is 4.79 Å². The molecule has 0 heterocycles. The molecule has 1 aliphatic rings. The smallest absolute Gasteiger partial charge is 0.258 e. The van der Waals surface area contributed by atoms with Gasteiger partial charge >= 0.3 is 0 Å². The van der Waals surface area contributed by atoms with Crippen molar-refractivity contribution >= 4 is 5.91 Å². The summed E-state index contributed by atoms with van der Waals surface area (Å²) in [7, 11) is 1.62. The maximum absolute atomic E-state index is 11.9. The molecule has 1 saturated carbocycles. The van der Waals surface area contributed by atoms with Gasteiger partial charge in [-0.05, 0) is 43.0 Å². The Kier molecular flexibility index (Phi) is 5.27. The average Bonchev–Trinajstić information content (AvgIpc) is 2.48. The van der Waals surface area contributed by atoms with Crippen molar-refractivity contribution in [3.8, 4) is 11.5 Å². The van der Waals surface area contributed by atoms with E-state index in [-0.39, 0.29) is 12.5 Å². The molecule has 2 atom stereocenters. The van der Waals surface area contributed by atoms with Crippen LogP contribution < -0.4 is 14.8 Å². The Morgan fingerprint density at radius 2 is 1.85 bits per heavy atom. The molecule has 1 amide bonds. The molecular weight excluding hydrogens is 254 g/mol. The first kappa shape index (κ1) is 14.7. The summed E-state index contributed by atoms with van der Waals surface area (Å²) in [6.45, 7) is 2.27. The van der Waals surface area contributed by atoms with Crippen LogP contribution in [0.1, 0.15) is 32.6 Å². The molecule has 1 N–H and O–H groups in total. The Balaban J connectivity index is 1.76. The minimum atomic E-state index is -0.0421. The molecule has 0 aliphatic heterocycles. The lowest BCUT2D eigenvalue weighted by molar-refractivity contribution is -0.124.